The quantitative estimate of drug-likeness (QED) is 0.344. The Hall–Kier alpha value is -2.08. The van der Waals surface area contributed by atoms with E-state index >= 15 is 0 Å². The Labute approximate surface area is 191 Å². The van der Waals surface area contributed by atoms with Crippen molar-refractivity contribution in [3.8, 4) is 6.07 Å². The largest absolute Gasteiger partial charge is 0.379 e. The molecule has 0 aliphatic heterocycles. The number of nitrogens with one attached hydrogen (secondary N) is 1. The first-order valence-corrected chi connectivity index (χ1v) is 11.9. The Kier molecular flexibility index (Phi) is 7.98. The first kappa shape index (κ1) is 23.6. The molecule has 1 aromatic heterocycles. The zero-order valence-corrected chi connectivity index (χ0v) is 19.4. The predicted molar refractivity (Wildman–Crippen MR) is 122 cm³/mol. The minimum atomic E-state index is -0.768. The Morgan fingerprint density at radius 3 is 2.84 bits per heavy atom. The fourth-order valence-corrected chi connectivity index (χ4v) is 4.69. The van der Waals surface area contributed by atoms with Crippen LogP contribution < -0.4 is 10.9 Å². The molecular formula is C22H27ClN4O3S. The van der Waals surface area contributed by atoms with E-state index < -0.39 is 5.54 Å². The van der Waals surface area contributed by atoms with Crippen molar-refractivity contribution in [2.24, 2.45) is 0 Å². The molecule has 31 heavy (non-hydrogen) atoms. The van der Waals surface area contributed by atoms with Gasteiger partial charge in [0.15, 0.2) is 5.16 Å². The summed E-state index contributed by atoms with van der Waals surface area (Å²) in [6.45, 7) is 4.89. The lowest BCUT2D eigenvalue weighted by molar-refractivity contribution is -0.119. The molecule has 1 aliphatic rings. The molecule has 0 radical (unpaired) electrons. The van der Waals surface area contributed by atoms with E-state index in [0.29, 0.717) is 53.5 Å². The number of rotatable bonds is 9. The Bertz CT molecular complexity index is 1040. The van der Waals surface area contributed by atoms with Gasteiger partial charge in [0.25, 0.3) is 5.56 Å². The smallest absolute Gasteiger partial charge is 0.262 e. The molecule has 1 heterocycles. The van der Waals surface area contributed by atoms with E-state index in [9.17, 15) is 14.9 Å². The standard InChI is InChI=1S/C22H27ClN4O3S/c1-15(2)30-11-5-10-27-20(29)17-7-6-16(23)12-18(17)25-21(27)31-13-19(28)26-22(14-24)8-3-4-9-22/h6-7,12,15H,3-5,8-11,13H2,1-2H3,(H,26,28). The topological polar surface area (TPSA) is 97.0 Å². The van der Waals surface area contributed by atoms with Crippen molar-refractivity contribution in [2.45, 2.75) is 69.3 Å². The molecule has 1 aromatic carbocycles. The second kappa shape index (κ2) is 10.5. The number of benzene rings is 1. The Morgan fingerprint density at radius 1 is 1.42 bits per heavy atom. The van der Waals surface area contributed by atoms with Gasteiger partial charge in [-0.3, -0.25) is 14.2 Å². The summed E-state index contributed by atoms with van der Waals surface area (Å²) in [6, 6.07) is 7.25. The van der Waals surface area contributed by atoms with Gasteiger partial charge in [0.05, 0.1) is 28.8 Å². The predicted octanol–water partition coefficient (Wildman–Crippen LogP) is 3.91. The number of nitrogens with zero attached hydrogens (tertiary/aromatic N) is 3. The van der Waals surface area contributed by atoms with Gasteiger partial charge in [-0.05, 0) is 64.2 Å². The minimum absolute atomic E-state index is 0.0738. The maximum Gasteiger partial charge on any atom is 0.262 e. The fourth-order valence-electron chi connectivity index (χ4n) is 3.70. The van der Waals surface area contributed by atoms with Crippen LogP contribution in [0.2, 0.25) is 5.02 Å². The maximum atomic E-state index is 13.1. The molecule has 3 rings (SSSR count). The van der Waals surface area contributed by atoms with Crippen LogP contribution in [0.25, 0.3) is 10.9 Å². The van der Waals surface area contributed by atoms with Crippen LogP contribution in [0.5, 0.6) is 0 Å². The summed E-state index contributed by atoms with van der Waals surface area (Å²) >= 11 is 7.28. The van der Waals surface area contributed by atoms with Gasteiger partial charge in [-0.1, -0.05) is 23.4 Å². The number of aromatic nitrogens is 2. The van der Waals surface area contributed by atoms with Crippen LogP contribution in [0.15, 0.2) is 28.2 Å². The van der Waals surface area contributed by atoms with Crippen molar-refractivity contribution in [2.75, 3.05) is 12.4 Å². The molecule has 0 atom stereocenters. The molecule has 9 heteroatoms. The van der Waals surface area contributed by atoms with Crippen molar-refractivity contribution in [1.29, 1.82) is 5.26 Å². The molecule has 7 nitrogen and oxygen atoms in total. The van der Waals surface area contributed by atoms with Gasteiger partial charge in [0, 0.05) is 18.2 Å². The van der Waals surface area contributed by atoms with Crippen molar-refractivity contribution in [3.63, 3.8) is 0 Å². The van der Waals surface area contributed by atoms with Gasteiger partial charge in [0.2, 0.25) is 5.91 Å². The molecule has 1 N–H and O–H groups in total. The van der Waals surface area contributed by atoms with E-state index in [1.807, 2.05) is 13.8 Å². The third kappa shape index (κ3) is 6.00. The van der Waals surface area contributed by atoms with E-state index in [1.54, 1.807) is 22.8 Å². The number of carbonyl (C=O) groups excluding carboxylic acids is 1. The van der Waals surface area contributed by atoms with Crippen LogP contribution in [-0.4, -0.2) is 39.5 Å². The highest BCUT2D eigenvalue weighted by molar-refractivity contribution is 7.99. The van der Waals surface area contributed by atoms with E-state index in [-0.39, 0.29) is 23.3 Å². The van der Waals surface area contributed by atoms with Crippen molar-refractivity contribution < 1.29 is 9.53 Å². The number of fused-ring (bicyclic) bond motifs is 1. The lowest BCUT2D eigenvalue weighted by Gasteiger charge is -2.22. The monoisotopic (exact) mass is 462 g/mol. The van der Waals surface area contributed by atoms with Crippen molar-refractivity contribution >= 4 is 40.2 Å². The van der Waals surface area contributed by atoms with E-state index in [2.05, 4.69) is 16.4 Å². The summed E-state index contributed by atoms with van der Waals surface area (Å²) in [5.41, 5.74) is -0.437. The number of hydrogen-bond acceptors (Lipinski definition) is 6. The van der Waals surface area contributed by atoms with Crippen molar-refractivity contribution in [1.82, 2.24) is 14.9 Å². The summed E-state index contributed by atoms with van der Waals surface area (Å²) in [7, 11) is 0. The SMILES string of the molecule is CC(C)OCCCn1c(SCC(=O)NC2(C#N)CCCC2)nc2cc(Cl)ccc2c1=O. The average Bonchev–Trinajstić information content (AvgIpc) is 3.19. The molecular weight excluding hydrogens is 436 g/mol. The molecule has 1 saturated carbocycles. The van der Waals surface area contributed by atoms with E-state index in [1.165, 1.54) is 11.8 Å². The average molecular weight is 463 g/mol. The molecule has 0 saturated heterocycles. The molecule has 1 amide bonds. The van der Waals surface area contributed by atoms with Crippen LogP contribution in [0.4, 0.5) is 0 Å². The summed E-state index contributed by atoms with van der Waals surface area (Å²) in [5, 5.41) is 13.8. The van der Waals surface area contributed by atoms with Crippen LogP contribution in [0.3, 0.4) is 0 Å². The number of thioether (sulfide) groups is 1. The molecule has 1 aliphatic carbocycles. The van der Waals surface area contributed by atoms with Gasteiger partial charge in [-0.25, -0.2) is 4.98 Å². The second-order valence-electron chi connectivity index (χ2n) is 8.02. The van der Waals surface area contributed by atoms with Crippen LogP contribution in [0.1, 0.15) is 46.0 Å². The number of amides is 1. The highest BCUT2D eigenvalue weighted by atomic mass is 35.5. The first-order chi connectivity index (χ1) is 14.8. The lowest BCUT2D eigenvalue weighted by Crippen LogP contribution is -2.45. The molecule has 2 aromatic rings. The highest BCUT2D eigenvalue weighted by Gasteiger charge is 2.35. The molecule has 0 spiro atoms. The minimum Gasteiger partial charge on any atom is -0.379 e. The number of hydrogen-bond donors (Lipinski definition) is 1. The number of ether oxygens (including phenoxy) is 1. The second-order valence-corrected chi connectivity index (χ2v) is 9.40. The third-order valence-corrected chi connectivity index (χ3v) is 6.45. The maximum absolute atomic E-state index is 13.1. The number of halogens is 1. The summed E-state index contributed by atoms with van der Waals surface area (Å²) in [6.07, 6.45) is 3.99. The fraction of sp³-hybridized carbons (Fsp3) is 0.545. The summed E-state index contributed by atoms with van der Waals surface area (Å²) < 4.78 is 7.18. The lowest BCUT2D eigenvalue weighted by atomic mass is 10.0. The van der Waals surface area contributed by atoms with Gasteiger partial charge in [-0.15, -0.1) is 0 Å². The molecule has 166 valence electrons. The van der Waals surface area contributed by atoms with Crippen LogP contribution in [-0.2, 0) is 16.1 Å². The van der Waals surface area contributed by atoms with Gasteiger partial charge in [0.1, 0.15) is 5.54 Å². The van der Waals surface area contributed by atoms with E-state index in [0.717, 1.165) is 12.8 Å². The van der Waals surface area contributed by atoms with Gasteiger partial charge < -0.3 is 10.1 Å². The first-order valence-electron chi connectivity index (χ1n) is 10.5. The summed E-state index contributed by atoms with van der Waals surface area (Å²) in [5.74, 6) is -0.159. The molecule has 0 bridgehead atoms. The number of nitriles is 1. The molecule has 1 fully saturated rings. The molecule has 0 unspecified atom stereocenters. The van der Waals surface area contributed by atoms with Crippen molar-refractivity contribution in [3.05, 3.63) is 33.6 Å². The zero-order valence-electron chi connectivity index (χ0n) is 17.8. The summed E-state index contributed by atoms with van der Waals surface area (Å²) in [4.78, 5) is 30.2. The van der Waals surface area contributed by atoms with Gasteiger partial charge in [-0.2, -0.15) is 5.26 Å². The number of carbonyl (C=O) groups is 1. The third-order valence-electron chi connectivity index (χ3n) is 5.24. The van der Waals surface area contributed by atoms with E-state index in [4.69, 9.17) is 16.3 Å². The Balaban J connectivity index is 1.79. The van der Waals surface area contributed by atoms with Gasteiger partial charge >= 0.3 is 0 Å². The normalized spacial score (nSPS) is 15.3. The Morgan fingerprint density at radius 2 is 2.16 bits per heavy atom. The zero-order chi connectivity index (χ0) is 22.4. The van der Waals surface area contributed by atoms with Crippen LogP contribution in [0, 0.1) is 11.3 Å². The van der Waals surface area contributed by atoms with Crippen LogP contribution >= 0.6 is 23.4 Å². The highest BCUT2D eigenvalue weighted by Crippen LogP contribution is 2.29.